The molecule has 0 aliphatic heterocycles. The van der Waals surface area contributed by atoms with Gasteiger partial charge in [0.05, 0.1) is 11.5 Å². The Labute approximate surface area is 183 Å². The molecule has 0 saturated heterocycles. The monoisotopic (exact) mass is 407 g/mol. The van der Waals surface area contributed by atoms with Crippen molar-refractivity contribution >= 4 is 5.91 Å². The van der Waals surface area contributed by atoms with Crippen molar-refractivity contribution in [1.29, 1.82) is 0 Å². The summed E-state index contributed by atoms with van der Waals surface area (Å²) in [6.45, 7) is 11.7. The van der Waals surface area contributed by atoms with E-state index in [1.165, 1.54) is 37.7 Å². The van der Waals surface area contributed by atoms with Gasteiger partial charge in [-0.2, -0.15) is 0 Å². The summed E-state index contributed by atoms with van der Waals surface area (Å²) in [5, 5.41) is 3.39. The van der Waals surface area contributed by atoms with Crippen LogP contribution in [0.15, 0.2) is 42.0 Å². The fourth-order valence-corrected chi connectivity index (χ4v) is 7.25. The molecule has 0 radical (unpaired) electrons. The van der Waals surface area contributed by atoms with Gasteiger partial charge in [0.15, 0.2) is 0 Å². The highest BCUT2D eigenvalue weighted by molar-refractivity contribution is 5.83. The van der Waals surface area contributed by atoms with Crippen LogP contribution in [0.3, 0.4) is 0 Å². The second-order valence-corrected chi connectivity index (χ2v) is 11.3. The van der Waals surface area contributed by atoms with Gasteiger partial charge in [-0.1, -0.05) is 76.1 Å². The summed E-state index contributed by atoms with van der Waals surface area (Å²) in [6.07, 6.45) is 11.1. The van der Waals surface area contributed by atoms with Crippen LogP contribution in [0, 0.1) is 34.5 Å². The van der Waals surface area contributed by atoms with E-state index in [9.17, 15) is 4.79 Å². The van der Waals surface area contributed by atoms with Crippen LogP contribution in [0.1, 0.15) is 91.2 Å². The highest BCUT2D eigenvalue weighted by Crippen LogP contribution is 2.63. The highest BCUT2D eigenvalue weighted by Gasteiger charge is 2.57. The van der Waals surface area contributed by atoms with Crippen molar-refractivity contribution in [3.05, 3.63) is 47.5 Å². The van der Waals surface area contributed by atoms with Crippen LogP contribution in [0.5, 0.6) is 0 Å². The normalized spacial score (nSPS) is 37.0. The Morgan fingerprint density at radius 1 is 1.07 bits per heavy atom. The lowest BCUT2D eigenvalue weighted by atomic mass is 9.46. The molecule has 1 aromatic carbocycles. The summed E-state index contributed by atoms with van der Waals surface area (Å²) < 4.78 is 0. The van der Waals surface area contributed by atoms with Gasteiger partial charge in [-0.05, 0) is 80.1 Å². The molecule has 2 nitrogen and oxygen atoms in total. The van der Waals surface area contributed by atoms with Gasteiger partial charge in [0, 0.05) is 0 Å². The summed E-state index contributed by atoms with van der Waals surface area (Å²) in [6, 6.07) is 10.4. The summed E-state index contributed by atoms with van der Waals surface area (Å²) in [7, 11) is 0. The fraction of sp³-hybridized carbons (Fsp3) is 0.679. The zero-order valence-corrected chi connectivity index (χ0v) is 19.7. The van der Waals surface area contributed by atoms with E-state index in [-0.39, 0.29) is 22.8 Å². The van der Waals surface area contributed by atoms with E-state index in [1.54, 1.807) is 5.57 Å². The first-order valence-corrected chi connectivity index (χ1v) is 12.3. The molecular weight excluding hydrogens is 366 g/mol. The third kappa shape index (κ3) is 3.65. The number of hydrogen-bond donors (Lipinski definition) is 1. The average Bonchev–Trinajstić information content (AvgIpc) is 2.73. The average molecular weight is 408 g/mol. The molecule has 4 rings (SSSR count). The number of carbonyl (C=O) groups is 1. The van der Waals surface area contributed by atoms with E-state index in [0.717, 1.165) is 24.7 Å². The number of benzene rings is 1. The standard InChI is InChI=1S/C28H41NO/c1-19(2)22-12-14-24-23(18-22)13-15-25-27(24,4)16-9-17-28(25,5)26(30)29-20(3)21-10-7-6-8-11-21/h6-8,10-11,13,19-20,22,24-25H,9,12,14-18H2,1-5H3,(H,29,30)/t20?,22?,24-,25?,27+,28+/m0/s1. The summed E-state index contributed by atoms with van der Waals surface area (Å²) in [5.41, 5.74) is 2.91. The molecule has 0 aromatic heterocycles. The second-order valence-electron chi connectivity index (χ2n) is 11.3. The van der Waals surface area contributed by atoms with Crippen molar-refractivity contribution < 1.29 is 4.79 Å². The molecular formula is C28H41NO. The Hall–Kier alpha value is -1.57. The molecule has 3 aliphatic rings. The van der Waals surface area contributed by atoms with E-state index in [1.807, 2.05) is 6.07 Å². The first-order chi connectivity index (χ1) is 14.3. The van der Waals surface area contributed by atoms with Gasteiger partial charge in [-0.3, -0.25) is 4.79 Å². The van der Waals surface area contributed by atoms with Crippen molar-refractivity contribution in [1.82, 2.24) is 5.32 Å². The SMILES string of the molecule is CC(NC(=O)[C@]1(C)CCC[C@@]2(C)C1CC=C1CC(C(C)C)CC[C@@H]12)c1ccccc1. The third-order valence-electron chi connectivity index (χ3n) is 9.27. The van der Waals surface area contributed by atoms with Gasteiger partial charge in [0.25, 0.3) is 0 Å². The van der Waals surface area contributed by atoms with E-state index >= 15 is 0 Å². The third-order valence-corrected chi connectivity index (χ3v) is 9.27. The van der Waals surface area contributed by atoms with Crippen molar-refractivity contribution in [2.45, 2.75) is 85.6 Å². The predicted octanol–water partition coefficient (Wildman–Crippen LogP) is 7.08. The largest absolute Gasteiger partial charge is 0.349 e. The molecule has 6 atom stereocenters. The predicted molar refractivity (Wildman–Crippen MR) is 125 cm³/mol. The minimum absolute atomic E-state index is 0.0554. The van der Waals surface area contributed by atoms with Crippen LogP contribution in [-0.4, -0.2) is 5.91 Å². The first-order valence-electron chi connectivity index (χ1n) is 12.3. The van der Waals surface area contributed by atoms with Crippen molar-refractivity contribution in [3.8, 4) is 0 Å². The summed E-state index contributed by atoms with van der Waals surface area (Å²) in [4.78, 5) is 13.7. The van der Waals surface area contributed by atoms with Gasteiger partial charge < -0.3 is 5.32 Å². The van der Waals surface area contributed by atoms with Gasteiger partial charge in [0.1, 0.15) is 0 Å². The van der Waals surface area contributed by atoms with E-state index < -0.39 is 0 Å². The maximum absolute atomic E-state index is 13.7. The van der Waals surface area contributed by atoms with Crippen molar-refractivity contribution in [2.75, 3.05) is 0 Å². The number of hydrogen-bond acceptors (Lipinski definition) is 1. The number of rotatable bonds is 4. The van der Waals surface area contributed by atoms with Crippen LogP contribution in [0.25, 0.3) is 0 Å². The minimum atomic E-state index is -0.271. The number of nitrogens with one attached hydrogen (secondary N) is 1. The molecule has 2 saturated carbocycles. The molecule has 0 bridgehead atoms. The zero-order valence-electron chi connectivity index (χ0n) is 19.7. The molecule has 1 aromatic rings. The topological polar surface area (TPSA) is 29.1 Å². The van der Waals surface area contributed by atoms with Crippen LogP contribution >= 0.6 is 0 Å². The van der Waals surface area contributed by atoms with Gasteiger partial charge in [-0.25, -0.2) is 0 Å². The number of allylic oxidation sites excluding steroid dienone is 2. The number of amides is 1. The molecule has 2 fully saturated rings. The Balaban J connectivity index is 1.56. The molecule has 164 valence electrons. The smallest absolute Gasteiger partial charge is 0.226 e. The Morgan fingerprint density at radius 2 is 1.80 bits per heavy atom. The maximum atomic E-state index is 13.7. The first kappa shape index (κ1) is 21.7. The summed E-state index contributed by atoms with van der Waals surface area (Å²) >= 11 is 0. The molecule has 3 aliphatic carbocycles. The molecule has 1 amide bonds. The molecule has 30 heavy (non-hydrogen) atoms. The van der Waals surface area contributed by atoms with Crippen molar-refractivity contribution in [2.24, 2.45) is 34.5 Å². The van der Waals surface area contributed by atoms with Crippen molar-refractivity contribution in [3.63, 3.8) is 0 Å². The Bertz CT molecular complexity index is 796. The molecule has 1 N–H and O–H groups in total. The number of fused-ring (bicyclic) bond motifs is 3. The Kier molecular flexibility index (Phi) is 5.90. The van der Waals surface area contributed by atoms with Crippen LogP contribution in [0.2, 0.25) is 0 Å². The maximum Gasteiger partial charge on any atom is 0.226 e. The second kappa shape index (κ2) is 8.17. The van der Waals surface area contributed by atoms with Gasteiger partial charge in [0.2, 0.25) is 5.91 Å². The van der Waals surface area contributed by atoms with E-state index in [0.29, 0.717) is 11.8 Å². The van der Waals surface area contributed by atoms with E-state index in [4.69, 9.17) is 0 Å². The lowest BCUT2D eigenvalue weighted by Gasteiger charge is -2.58. The lowest BCUT2D eigenvalue weighted by molar-refractivity contribution is -0.145. The molecule has 0 heterocycles. The minimum Gasteiger partial charge on any atom is -0.349 e. The van der Waals surface area contributed by atoms with Crippen LogP contribution < -0.4 is 5.32 Å². The van der Waals surface area contributed by atoms with Gasteiger partial charge >= 0.3 is 0 Å². The highest BCUT2D eigenvalue weighted by atomic mass is 16.2. The fourth-order valence-electron chi connectivity index (χ4n) is 7.25. The van der Waals surface area contributed by atoms with Gasteiger partial charge in [-0.15, -0.1) is 0 Å². The molecule has 3 unspecified atom stereocenters. The van der Waals surface area contributed by atoms with E-state index in [2.05, 4.69) is 70.3 Å². The van der Waals surface area contributed by atoms with Crippen LogP contribution in [-0.2, 0) is 4.79 Å². The number of carbonyl (C=O) groups excluding carboxylic acids is 1. The summed E-state index contributed by atoms with van der Waals surface area (Å²) in [5.74, 6) is 3.02. The van der Waals surface area contributed by atoms with Crippen LogP contribution in [0.4, 0.5) is 0 Å². The molecule has 2 heteroatoms. The zero-order chi connectivity index (χ0) is 21.5. The lowest BCUT2D eigenvalue weighted by Crippen LogP contribution is -2.56. The Morgan fingerprint density at radius 3 is 2.50 bits per heavy atom. The quantitative estimate of drug-likeness (QED) is 0.531. The molecule has 0 spiro atoms.